The molecule has 18 heteroatoms. The molecule has 1 fully saturated rings. The minimum absolute atomic E-state index is 0.00143. The van der Waals surface area contributed by atoms with Crippen LogP contribution in [0.15, 0.2) is 60.7 Å². The van der Waals surface area contributed by atoms with Crippen LogP contribution in [0.2, 0.25) is 0 Å². The van der Waals surface area contributed by atoms with Crippen molar-refractivity contribution in [3.8, 4) is 0 Å². The zero-order chi connectivity index (χ0) is 30.4. The Morgan fingerprint density at radius 3 is 2.52 bits per heavy atom. The Morgan fingerprint density at radius 1 is 1.19 bits per heavy atom. The van der Waals surface area contributed by atoms with Crippen molar-refractivity contribution in [3.05, 3.63) is 35.9 Å². The van der Waals surface area contributed by atoms with Crippen LogP contribution in [0.1, 0.15) is 44.2 Å². The molecule has 42 heavy (non-hydrogen) atoms. The largest absolute Gasteiger partial charge is 0.343 e. The fourth-order valence-electron chi connectivity index (χ4n) is 4.88. The second-order valence-corrected chi connectivity index (χ2v) is 10.4. The Balaban J connectivity index is 1.30. The number of hydrazine groups is 2. The molecule has 1 saturated heterocycles. The molecule has 3 aliphatic heterocycles. The van der Waals surface area contributed by atoms with Gasteiger partial charge in [0.05, 0.1) is 18.1 Å². The van der Waals surface area contributed by atoms with Gasteiger partial charge in [0.2, 0.25) is 23.6 Å². The van der Waals surface area contributed by atoms with E-state index in [1.807, 2.05) is 37.3 Å². The summed E-state index contributed by atoms with van der Waals surface area (Å²) in [6, 6.07) is 7.84. The summed E-state index contributed by atoms with van der Waals surface area (Å²) in [5.74, 6) is 21.3. The topological polar surface area (TPSA) is 251 Å². The zero-order valence-electron chi connectivity index (χ0n) is 22.9. The lowest BCUT2D eigenvalue weighted by molar-refractivity contribution is -0.139. The van der Waals surface area contributed by atoms with Crippen molar-refractivity contribution in [1.29, 1.82) is 0 Å². The predicted molar refractivity (Wildman–Crippen MR) is 155 cm³/mol. The quantitative estimate of drug-likeness (QED) is 0.120. The number of hydrogen-bond donors (Lipinski definition) is 5. The number of nitrogens with one attached hydrogen (secondary N) is 1. The summed E-state index contributed by atoms with van der Waals surface area (Å²) in [5, 5.41) is 15.0. The predicted octanol–water partition coefficient (Wildman–Crippen LogP) is -0.731. The molecule has 0 saturated carbocycles. The molecule has 4 rings (SSSR count). The number of amidine groups is 2. The molecule has 1 unspecified atom stereocenters. The van der Waals surface area contributed by atoms with Gasteiger partial charge in [-0.25, -0.2) is 26.7 Å². The summed E-state index contributed by atoms with van der Waals surface area (Å²) < 4.78 is 0. The molecule has 3 amide bonds. The summed E-state index contributed by atoms with van der Waals surface area (Å²) in [5.41, 5.74) is 0.303. The fraction of sp³-hybridized carbons (Fsp3) is 0.458. The molecular formula is C24H33ClN14O3. The van der Waals surface area contributed by atoms with Gasteiger partial charge in [-0.2, -0.15) is 5.10 Å². The number of carbonyl (C=O) groups is 3. The van der Waals surface area contributed by atoms with Crippen molar-refractivity contribution in [2.45, 2.75) is 50.2 Å². The SMILES string of the molecule is C[C@H](c1ccccc1)N(N)C(=O)CCC(=O)N1CCC2(CC1)CN(N)C(NC(=O)C1N=C(Cl)C(N=NN)=NC1=NN)=N2. The van der Waals surface area contributed by atoms with E-state index in [2.05, 4.69) is 35.7 Å². The average Bonchev–Trinajstić information content (AvgIpc) is 3.29. The van der Waals surface area contributed by atoms with Crippen LogP contribution in [-0.4, -0.2) is 86.7 Å². The van der Waals surface area contributed by atoms with Crippen LogP contribution < -0.4 is 28.7 Å². The fourth-order valence-corrected chi connectivity index (χ4v) is 5.06. The van der Waals surface area contributed by atoms with E-state index >= 15 is 0 Å². The van der Waals surface area contributed by atoms with Crippen molar-refractivity contribution in [3.63, 3.8) is 0 Å². The summed E-state index contributed by atoms with van der Waals surface area (Å²) >= 11 is 6.03. The van der Waals surface area contributed by atoms with E-state index in [4.69, 9.17) is 35.0 Å². The molecule has 224 valence electrons. The van der Waals surface area contributed by atoms with Crippen LogP contribution >= 0.6 is 11.6 Å². The third kappa shape index (κ3) is 6.69. The molecule has 0 bridgehead atoms. The van der Waals surface area contributed by atoms with Gasteiger partial charge in [-0.1, -0.05) is 47.2 Å². The maximum Gasteiger partial charge on any atom is 0.259 e. The van der Waals surface area contributed by atoms with E-state index < -0.39 is 17.5 Å². The second kappa shape index (κ2) is 13.0. The Kier molecular flexibility index (Phi) is 9.44. The lowest BCUT2D eigenvalue weighted by atomic mass is 9.88. The first-order valence-corrected chi connectivity index (χ1v) is 13.5. The molecule has 0 aliphatic carbocycles. The Morgan fingerprint density at radius 2 is 1.88 bits per heavy atom. The first-order chi connectivity index (χ1) is 20.1. The second-order valence-electron chi connectivity index (χ2n) is 10.0. The van der Waals surface area contributed by atoms with E-state index in [-0.39, 0.29) is 53.5 Å². The maximum atomic E-state index is 13.0. The highest BCUT2D eigenvalue weighted by molar-refractivity contribution is 6.84. The van der Waals surface area contributed by atoms with Gasteiger partial charge in [-0.05, 0) is 25.3 Å². The molecule has 1 aromatic rings. The number of nitrogens with two attached hydrogens (primary N) is 4. The average molecular weight is 601 g/mol. The number of aliphatic imine (C=N–C) groups is 3. The molecule has 9 N–H and O–H groups in total. The number of nitrogens with zero attached hydrogens (tertiary/aromatic N) is 9. The number of rotatable bonds is 6. The highest BCUT2D eigenvalue weighted by Gasteiger charge is 2.43. The number of hydrazone groups is 1. The highest BCUT2D eigenvalue weighted by Crippen LogP contribution is 2.31. The number of amides is 3. The molecular weight excluding hydrogens is 568 g/mol. The number of halogens is 1. The van der Waals surface area contributed by atoms with E-state index in [9.17, 15) is 14.4 Å². The lowest BCUT2D eigenvalue weighted by Crippen LogP contribution is -2.52. The molecule has 0 radical (unpaired) electrons. The van der Waals surface area contributed by atoms with Crippen LogP contribution in [-0.2, 0) is 14.4 Å². The monoisotopic (exact) mass is 600 g/mol. The molecule has 17 nitrogen and oxygen atoms in total. The van der Waals surface area contributed by atoms with Gasteiger partial charge in [-0.3, -0.25) is 29.7 Å². The number of benzene rings is 1. The maximum absolute atomic E-state index is 13.0. The minimum Gasteiger partial charge on any atom is -0.343 e. The van der Waals surface area contributed by atoms with Gasteiger partial charge in [0.15, 0.2) is 17.0 Å². The molecule has 3 heterocycles. The van der Waals surface area contributed by atoms with Crippen LogP contribution in [0.5, 0.6) is 0 Å². The summed E-state index contributed by atoms with van der Waals surface area (Å²) in [4.78, 5) is 52.8. The van der Waals surface area contributed by atoms with Gasteiger partial charge >= 0.3 is 0 Å². The minimum atomic E-state index is -1.27. The zero-order valence-corrected chi connectivity index (χ0v) is 23.7. The summed E-state index contributed by atoms with van der Waals surface area (Å²) in [7, 11) is 0. The van der Waals surface area contributed by atoms with Gasteiger partial charge in [0.25, 0.3) is 5.91 Å². The Hall–Kier alpha value is -4.48. The number of hydrogen-bond acceptors (Lipinski definition) is 12. The van der Waals surface area contributed by atoms with Crippen molar-refractivity contribution < 1.29 is 14.4 Å². The van der Waals surface area contributed by atoms with Crippen molar-refractivity contribution in [2.24, 2.45) is 53.8 Å². The van der Waals surface area contributed by atoms with E-state index in [0.717, 1.165) is 10.6 Å². The number of piperidine rings is 1. The van der Waals surface area contributed by atoms with E-state index in [1.54, 1.807) is 4.90 Å². The highest BCUT2D eigenvalue weighted by atomic mass is 35.5. The number of likely N-dealkylation sites (tertiary alicyclic amines) is 1. The molecule has 2 atom stereocenters. The van der Waals surface area contributed by atoms with Crippen molar-refractivity contribution in [1.82, 2.24) is 20.2 Å². The summed E-state index contributed by atoms with van der Waals surface area (Å²) in [6.45, 7) is 2.99. The molecule has 1 aromatic carbocycles. The van der Waals surface area contributed by atoms with Crippen LogP contribution in [0, 0.1) is 0 Å². The molecule has 1 spiro atoms. The van der Waals surface area contributed by atoms with Gasteiger partial charge < -0.3 is 16.6 Å². The number of carbonyl (C=O) groups excluding carboxylic acids is 3. The Bertz CT molecular complexity index is 1350. The first kappa shape index (κ1) is 30.5. The van der Waals surface area contributed by atoms with E-state index in [1.165, 1.54) is 5.01 Å². The smallest absolute Gasteiger partial charge is 0.259 e. The lowest BCUT2D eigenvalue weighted by Gasteiger charge is -2.37. The van der Waals surface area contributed by atoms with Crippen LogP contribution in [0.3, 0.4) is 0 Å². The number of guanidine groups is 1. The standard InChI is InChI=1S/C24H33ClN14O3/c1-14(15-5-3-2-4-6-15)39(29)17(41)8-7-16(40)37-11-9-24(10-12-37)13-38(28)23(33-24)32-22(42)18-20(34-26)31-21(35-36-27)19(25)30-18/h2-6,14,18H,7-13,26,28-29H2,1H3,(H,32,33,42)(H2,27,31,34,35)/t14-,18?/m1/s1. The molecule has 0 aromatic heterocycles. The third-order valence-electron chi connectivity index (χ3n) is 7.33. The van der Waals surface area contributed by atoms with Gasteiger partial charge in [-0.15, -0.1) is 5.11 Å². The van der Waals surface area contributed by atoms with Crippen LogP contribution in [0.25, 0.3) is 0 Å². The normalized spacial score (nSPS) is 21.7. The summed E-state index contributed by atoms with van der Waals surface area (Å²) in [6.07, 6.45) is 1.06. The third-order valence-corrected chi connectivity index (χ3v) is 7.59. The van der Waals surface area contributed by atoms with Crippen molar-refractivity contribution in [2.75, 3.05) is 19.6 Å². The van der Waals surface area contributed by atoms with E-state index in [0.29, 0.717) is 32.5 Å². The van der Waals surface area contributed by atoms with Crippen molar-refractivity contribution >= 4 is 52.1 Å². The first-order valence-electron chi connectivity index (χ1n) is 13.1. The van der Waals surface area contributed by atoms with Gasteiger partial charge in [0, 0.05) is 25.9 Å². The van der Waals surface area contributed by atoms with Crippen LogP contribution in [0.4, 0.5) is 0 Å². The Labute approximate surface area is 246 Å². The van der Waals surface area contributed by atoms with Gasteiger partial charge in [0.1, 0.15) is 0 Å². The molecule has 3 aliphatic rings.